The van der Waals surface area contributed by atoms with Gasteiger partial charge in [-0.3, -0.25) is 9.59 Å². The fourth-order valence-corrected chi connectivity index (χ4v) is 1.44. The summed E-state index contributed by atoms with van der Waals surface area (Å²) >= 11 is 0. The van der Waals surface area contributed by atoms with Crippen LogP contribution in [-0.2, 0) is 16.1 Å². The van der Waals surface area contributed by atoms with Crippen LogP contribution in [0.3, 0.4) is 0 Å². The first-order valence-electron chi connectivity index (χ1n) is 5.76. The highest BCUT2D eigenvalue weighted by atomic mass is 16.5. The van der Waals surface area contributed by atoms with Gasteiger partial charge in [0.2, 0.25) is 0 Å². The minimum Gasteiger partial charge on any atom is -0.469 e. The van der Waals surface area contributed by atoms with Crippen molar-refractivity contribution in [2.75, 3.05) is 20.7 Å². The molecule has 0 radical (unpaired) electrons. The van der Waals surface area contributed by atoms with E-state index in [-0.39, 0.29) is 11.9 Å². The summed E-state index contributed by atoms with van der Waals surface area (Å²) in [4.78, 5) is 22.2. The zero-order chi connectivity index (χ0) is 13.4. The largest absolute Gasteiger partial charge is 0.469 e. The van der Waals surface area contributed by atoms with Crippen LogP contribution in [0.4, 0.5) is 0 Å². The molecule has 0 atom stereocenters. The maximum Gasteiger partial charge on any atom is 0.306 e. The molecule has 0 aliphatic heterocycles. The van der Waals surface area contributed by atoms with Crippen LogP contribution in [0.5, 0.6) is 0 Å². The molecule has 2 N–H and O–H groups in total. The fourth-order valence-electron chi connectivity index (χ4n) is 1.44. The first kappa shape index (κ1) is 14.2. The Morgan fingerprint density at radius 3 is 2.44 bits per heavy atom. The summed E-state index contributed by atoms with van der Waals surface area (Å²) < 4.78 is 4.53. The number of esters is 1. The summed E-state index contributed by atoms with van der Waals surface area (Å²) in [7, 11) is 2.98. The van der Waals surface area contributed by atoms with Crippen LogP contribution < -0.4 is 10.6 Å². The third-order valence-corrected chi connectivity index (χ3v) is 2.51. The Labute approximate surface area is 107 Å². The average Bonchev–Trinajstić information content (AvgIpc) is 2.43. The van der Waals surface area contributed by atoms with Gasteiger partial charge in [0.25, 0.3) is 5.91 Å². The van der Waals surface area contributed by atoms with Gasteiger partial charge in [-0.15, -0.1) is 0 Å². The lowest BCUT2D eigenvalue weighted by Crippen LogP contribution is -2.19. The lowest BCUT2D eigenvalue weighted by atomic mass is 10.1. The van der Waals surface area contributed by atoms with E-state index in [4.69, 9.17) is 0 Å². The SMILES string of the molecule is CNC(=O)c1ccc(CNCCC(=O)OC)cc1. The molecule has 0 heterocycles. The Morgan fingerprint density at radius 1 is 1.22 bits per heavy atom. The minimum atomic E-state index is -0.225. The van der Waals surface area contributed by atoms with E-state index in [1.54, 1.807) is 19.2 Å². The molecule has 0 fully saturated rings. The zero-order valence-corrected chi connectivity index (χ0v) is 10.7. The van der Waals surface area contributed by atoms with Crippen LogP contribution >= 0.6 is 0 Å². The Balaban J connectivity index is 2.35. The van der Waals surface area contributed by atoms with Crippen molar-refractivity contribution in [1.29, 1.82) is 0 Å². The molecule has 5 nitrogen and oxygen atoms in total. The van der Waals surface area contributed by atoms with Crippen LogP contribution in [0.2, 0.25) is 0 Å². The first-order chi connectivity index (χ1) is 8.67. The van der Waals surface area contributed by atoms with Crippen molar-refractivity contribution in [3.05, 3.63) is 35.4 Å². The van der Waals surface area contributed by atoms with Gasteiger partial charge in [0.1, 0.15) is 0 Å². The quantitative estimate of drug-likeness (QED) is 0.576. The van der Waals surface area contributed by atoms with E-state index in [9.17, 15) is 9.59 Å². The van der Waals surface area contributed by atoms with E-state index in [1.165, 1.54) is 7.11 Å². The van der Waals surface area contributed by atoms with Gasteiger partial charge in [0, 0.05) is 25.7 Å². The molecule has 1 amide bonds. The number of ether oxygens (including phenoxy) is 1. The minimum absolute atomic E-state index is 0.0970. The lowest BCUT2D eigenvalue weighted by molar-refractivity contribution is -0.140. The summed E-state index contributed by atoms with van der Waals surface area (Å²) in [5.41, 5.74) is 1.70. The number of hydrogen-bond acceptors (Lipinski definition) is 4. The number of hydrogen-bond donors (Lipinski definition) is 2. The predicted octanol–water partition coefficient (Wildman–Crippen LogP) is 0.699. The Bertz CT molecular complexity index is 401. The van der Waals surface area contributed by atoms with Crippen molar-refractivity contribution < 1.29 is 14.3 Å². The standard InChI is InChI=1S/C13H18N2O3/c1-14-13(17)11-5-3-10(4-6-11)9-15-8-7-12(16)18-2/h3-6,15H,7-9H2,1-2H3,(H,14,17). The molecule has 1 aromatic rings. The van der Waals surface area contributed by atoms with Gasteiger partial charge in [0.05, 0.1) is 13.5 Å². The molecular weight excluding hydrogens is 232 g/mol. The molecule has 0 saturated heterocycles. The molecule has 18 heavy (non-hydrogen) atoms. The summed E-state index contributed by atoms with van der Waals surface area (Å²) in [6, 6.07) is 7.32. The molecule has 1 rings (SSSR count). The topological polar surface area (TPSA) is 67.4 Å². The molecule has 5 heteroatoms. The van der Waals surface area contributed by atoms with Crippen LogP contribution in [0, 0.1) is 0 Å². The summed E-state index contributed by atoms with van der Waals surface area (Å²) in [5.74, 6) is -0.322. The molecule has 0 spiro atoms. The number of rotatable bonds is 6. The van der Waals surface area contributed by atoms with Crippen molar-refractivity contribution in [3.8, 4) is 0 Å². The van der Waals surface area contributed by atoms with Gasteiger partial charge in [-0.2, -0.15) is 0 Å². The highest BCUT2D eigenvalue weighted by Crippen LogP contribution is 2.04. The van der Waals surface area contributed by atoms with E-state index < -0.39 is 0 Å². The maximum atomic E-state index is 11.3. The summed E-state index contributed by atoms with van der Waals surface area (Å²) in [6.07, 6.45) is 0.354. The van der Waals surface area contributed by atoms with E-state index in [2.05, 4.69) is 15.4 Å². The number of amides is 1. The molecule has 0 bridgehead atoms. The average molecular weight is 250 g/mol. The van der Waals surface area contributed by atoms with Crippen molar-refractivity contribution in [3.63, 3.8) is 0 Å². The van der Waals surface area contributed by atoms with Gasteiger partial charge >= 0.3 is 5.97 Å². The Morgan fingerprint density at radius 2 is 1.89 bits per heavy atom. The summed E-state index contributed by atoms with van der Waals surface area (Å²) in [5, 5.41) is 5.69. The van der Waals surface area contributed by atoms with Crippen molar-refractivity contribution >= 4 is 11.9 Å². The molecule has 0 saturated carbocycles. The first-order valence-corrected chi connectivity index (χ1v) is 5.76. The number of benzene rings is 1. The van der Waals surface area contributed by atoms with E-state index >= 15 is 0 Å². The lowest BCUT2D eigenvalue weighted by Gasteiger charge is -2.05. The smallest absolute Gasteiger partial charge is 0.306 e. The van der Waals surface area contributed by atoms with Crippen molar-refractivity contribution in [2.24, 2.45) is 0 Å². The highest BCUT2D eigenvalue weighted by Gasteiger charge is 2.02. The number of carbonyl (C=O) groups excluding carboxylic acids is 2. The van der Waals surface area contributed by atoms with Crippen LogP contribution in [0.1, 0.15) is 22.3 Å². The number of methoxy groups -OCH3 is 1. The van der Waals surface area contributed by atoms with Crippen LogP contribution in [0.15, 0.2) is 24.3 Å². The van der Waals surface area contributed by atoms with Gasteiger partial charge < -0.3 is 15.4 Å². The molecule has 1 aromatic carbocycles. The molecular formula is C13H18N2O3. The van der Waals surface area contributed by atoms with Crippen molar-refractivity contribution in [2.45, 2.75) is 13.0 Å². The molecule has 0 unspecified atom stereocenters. The Hall–Kier alpha value is -1.88. The molecule has 98 valence electrons. The summed E-state index contributed by atoms with van der Waals surface area (Å²) in [6.45, 7) is 1.23. The third kappa shape index (κ3) is 4.55. The molecule has 0 aromatic heterocycles. The molecule has 0 aliphatic rings. The monoisotopic (exact) mass is 250 g/mol. The number of carbonyl (C=O) groups is 2. The predicted molar refractivity (Wildman–Crippen MR) is 68.2 cm³/mol. The van der Waals surface area contributed by atoms with Gasteiger partial charge in [-0.25, -0.2) is 0 Å². The van der Waals surface area contributed by atoms with E-state index in [0.717, 1.165) is 5.56 Å². The van der Waals surface area contributed by atoms with Crippen LogP contribution in [-0.4, -0.2) is 32.6 Å². The van der Waals surface area contributed by atoms with Crippen LogP contribution in [0.25, 0.3) is 0 Å². The third-order valence-electron chi connectivity index (χ3n) is 2.51. The fraction of sp³-hybridized carbons (Fsp3) is 0.385. The second-order valence-electron chi connectivity index (χ2n) is 3.78. The normalized spacial score (nSPS) is 9.89. The van der Waals surface area contributed by atoms with E-state index in [0.29, 0.717) is 25.1 Å². The maximum absolute atomic E-state index is 11.3. The van der Waals surface area contributed by atoms with Gasteiger partial charge in [0.15, 0.2) is 0 Å². The zero-order valence-electron chi connectivity index (χ0n) is 10.7. The van der Waals surface area contributed by atoms with Gasteiger partial charge in [-0.1, -0.05) is 12.1 Å². The molecule has 0 aliphatic carbocycles. The highest BCUT2D eigenvalue weighted by molar-refractivity contribution is 5.93. The Kier molecular flexibility index (Phi) is 5.87. The number of nitrogens with one attached hydrogen (secondary N) is 2. The van der Waals surface area contributed by atoms with Gasteiger partial charge in [-0.05, 0) is 17.7 Å². The second-order valence-corrected chi connectivity index (χ2v) is 3.78. The second kappa shape index (κ2) is 7.45. The van der Waals surface area contributed by atoms with E-state index in [1.807, 2.05) is 12.1 Å². The van der Waals surface area contributed by atoms with Crippen molar-refractivity contribution in [1.82, 2.24) is 10.6 Å².